The molecular weight excluding hydrogens is 383 g/mol. The van der Waals surface area contributed by atoms with Gasteiger partial charge < -0.3 is 24.4 Å². The lowest BCUT2D eigenvalue weighted by molar-refractivity contribution is -0.146. The van der Waals surface area contributed by atoms with Crippen LogP contribution in [0.25, 0.3) is 0 Å². The normalized spacial score (nSPS) is 16.6. The van der Waals surface area contributed by atoms with E-state index in [2.05, 4.69) is 20.0 Å². The van der Waals surface area contributed by atoms with E-state index in [1.165, 1.54) is 24.3 Å². The second-order valence-corrected chi connectivity index (χ2v) is 6.27. The number of carbonyl (C=O) groups is 1. The summed E-state index contributed by atoms with van der Waals surface area (Å²) in [7, 11) is 0. The first-order valence-corrected chi connectivity index (χ1v) is 8.55. The third-order valence-corrected chi connectivity index (χ3v) is 4.14. The zero-order valence-electron chi connectivity index (χ0n) is 14.6. The van der Waals surface area contributed by atoms with Crippen LogP contribution in [-0.4, -0.2) is 34.4 Å². The quantitative estimate of drug-likeness (QED) is 0.432. The molecule has 2 N–H and O–H groups in total. The number of nitrogens with zero attached hydrogens (tertiary/aromatic N) is 2. The molecule has 1 aromatic carbocycles. The molecule has 0 bridgehead atoms. The van der Waals surface area contributed by atoms with Crippen molar-refractivity contribution < 1.29 is 37.1 Å². The largest absolute Gasteiger partial charge is 0.455 e. The summed E-state index contributed by atoms with van der Waals surface area (Å²) < 4.78 is 52.4. The van der Waals surface area contributed by atoms with Crippen molar-refractivity contribution in [2.24, 2.45) is 5.92 Å². The predicted octanol–water partition coefficient (Wildman–Crippen LogP) is 2.91. The molecule has 2 aromatic rings. The monoisotopic (exact) mass is 401 g/mol. The number of aliphatic hydroxyl groups excluding tert-OH is 1. The molecule has 8 nitrogen and oxygen atoms in total. The lowest BCUT2D eigenvalue weighted by Crippen LogP contribution is -2.21. The van der Waals surface area contributed by atoms with E-state index in [4.69, 9.17) is 9.47 Å². The zero-order valence-corrected chi connectivity index (χ0v) is 14.6. The first-order chi connectivity index (χ1) is 13.3. The SMILES string of the molecule is O=C(CC1CCOCC1)Oc1cccc(C(O)Nc2nc(C(F)(F)F)no2)c1. The van der Waals surface area contributed by atoms with E-state index in [9.17, 15) is 23.1 Å². The van der Waals surface area contributed by atoms with E-state index in [1.807, 2.05) is 0 Å². The molecule has 0 spiro atoms. The van der Waals surface area contributed by atoms with Gasteiger partial charge in [0.1, 0.15) is 5.75 Å². The molecule has 3 rings (SSSR count). The van der Waals surface area contributed by atoms with Gasteiger partial charge in [0.2, 0.25) is 0 Å². The summed E-state index contributed by atoms with van der Waals surface area (Å²) in [5, 5.41) is 15.2. The number of aliphatic hydroxyl groups is 1. The molecule has 11 heteroatoms. The third-order valence-electron chi connectivity index (χ3n) is 4.14. The van der Waals surface area contributed by atoms with E-state index in [-0.39, 0.29) is 23.7 Å². The summed E-state index contributed by atoms with van der Waals surface area (Å²) in [5.74, 6) is -1.45. The molecule has 1 aliphatic heterocycles. The van der Waals surface area contributed by atoms with Crippen LogP contribution >= 0.6 is 0 Å². The molecule has 1 aromatic heterocycles. The molecule has 2 heterocycles. The molecule has 1 fully saturated rings. The van der Waals surface area contributed by atoms with Crippen LogP contribution in [0.3, 0.4) is 0 Å². The highest BCUT2D eigenvalue weighted by Gasteiger charge is 2.37. The fourth-order valence-corrected chi connectivity index (χ4v) is 2.70. The number of aromatic nitrogens is 2. The Kier molecular flexibility index (Phi) is 6.15. The van der Waals surface area contributed by atoms with Gasteiger partial charge in [0.15, 0.2) is 6.23 Å². The van der Waals surface area contributed by atoms with Crippen LogP contribution in [0.5, 0.6) is 5.75 Å². The molecule has 28 heavy (non-hydrogen) atoms. The summed E-state index contributed by atoms with van der Waals surface area (Å²) in [6, 6.07) is 5.36. The number of rotatable bonds is 6. The summed E-state index contributed by atoms with van der Waals surface area (Å²) in [4.78, 5) is 15.2. The maximum atomic E-state index is 12.5. The number of hydrogen-bond donors (Lipinski definition) is 2. The number of benzene rings is 1. The average molecular weight is 401 g/mol. The zero-order chi connectivity index (χ0) is 20.1. The van der Waals surface area contributed by atoms with Crippen molar-refractivity contribution in [3.8, 4) is 5.75 Å². The van der Waals surface area contributed by atoms with E-state index < -0.39 is 30.2 Å². The number of alkyl halides is 3. The molecule has 1 unspecified atom stereocenters. The minimum Gasteiger partial charge on any atom is -0.427 e. The molecule has 1 aliphatic rings. The molecule has 0 aliphatic carbocycles. The number of nitrogens with one attached hydrogen (secondary N) is 1. The third kappa shape index (κ3) is 5.42. The highest BCUT2D eigenvalue weighted by molar-refractivity contribution is 5.72. The molecular formula is C17H18F3N3O5. The predicted molar refractivity (Wildman–Crippen MR) is 88.1 cm³/mol. The number of ether oxygens (including phenoxy) is 2. The summed E-state index contributed by atoms with van der Waals surface area (Å²) in [5.41, 5.74) is 0.239. The summed E-state index contributed by atoms with van der Waals surface area (Å²) in [6.07, 6.45) is -4.36. The van der Waals surface area contributed by atoms with Crippen molar-refractivity contribution in [3.05, 3.63) is 35.7 Å². The van der Waals surface area contributed by atoms with Gasteiger partial charge in [-0.25, -0.2) is 0 Å². The van der Waals surface area contributed by atoms with Crippen molar-refractivity contribution in [1.29, 1.82) is 0 Å². The van der Waals surface area contributed by atoms with Crippen LogP contribution < -0.4 is 10.1 Å². The van der Waals surface area contributed by atoms with E-state index >= 15 is 0 Å². The minimum absolute atomic E-state index is 0.205. The maximum absolute atomic E-state index is 12.5. The summed E-state index contributed by atoms with van der Waals surface area (Å²) >= 11 is 0. The number of hydrogen-bond acceptors (Lipinski definition) is 8. The molecule has 1 saturated heterocycles. The lowest BCUT2D eigenvalue weighted by atomic mass is 9.97. The Morgan fingerprint density at radius 2 is 2.11 bits per heavy atom. The Morgan fingerprint density at radius 1 is 1.36 bits per heavy atom. The second kappa shape index (κ2) is 8.57. The van der Waals surface area contributed by atoms with Crippen LogP contribution in [0.1, 0.15) is 36.9 Å². The standard InChI is InChI=1S/C17H18F3N3O5/c18-17(19,20)15-22-16(28-23-15)21-14(25)11-2-1-3-12(9-11)27-13(24)8-10-4-6-26-7-5-10/h1-3,9-10,14,25H,4-8H2,(H,21,22,23). The van der Waals surface area contributed by atoms with Crippen molar-refractivity contribution in [2.75, 3.05) is 18.5 Å². The highest BCUT2D eigenvalue weighted by atomic mass is 19.4. The van der Waals surface area contributed by atoms with Crippen molar-refractivity contribution in [1.82, 2.24) is 10.1 Å². The topological polar surface area (TPSA) is 107 Å². The van der Waals surface area contributed by atoms with Crippen LogP contribution in [0.2, 0.25) is 0 Å². The van der Waals surface area contributed by atoms with Gasteiger partial charge in [-0.1, -0.05) is 12.1 Å². The number of esters is 1. The Morgan fingerprint density at radius 3 is 2.79 bits per heavy atom. The molecule has 152 valence electrons. The molecule has 0 radical (unpaired) electrons. The first kappa shape index (κ1) is 20.1. The lowest BCUT2D eigenvalue weighted by Gasteiger charge is -2.21. The number of anilines is 1. The van der Waals surface area contributed by atoms with Crippen LogP contribution in [0.15, 0.2) is 28.8 Å². The smallest absolute Gasteiger partial charge is 0.427 e. The van der Waals surface area contributed by atoms with Crippen molar-refractivity contribution >= 4 is 12.0 Å². The van der Waals surface area contributed by atoms with Crippen molar-refractivity contribution in [2.45, 2.75) is 31.7 Å². The van der Waals surface area contributed by atoms with Gasteiger partial charge in [-0.3, -0.25) is 4.79 Å². The van der Waals surface area contributed by atoms with Gasteiger partial charge in [0.05, 0.1) is 0 Å². The Labute approximate surface area is 157 Å². The van der Waals surface area contributed by atoms with E-state index in [0.29, 0.717) is 13.2 Å². The fourth-order valence-electron chi connectivity index (χ4n) is 2.70. The van der Waals surface area contributed by atoms with Gasteiger partial charge in [0, 0.05) is 25.2 Å². The molecule has 0 saturated carbocycles. The minimum atomic E-state index is -4.76. The molecule has 0 amide bonds. The van der Waals surface area contributed by atoms with Gasteiger partial charge in [-0.2, -0.15) is 18.2 Å². The average Bonchev–Trinajstić information content (AvgIpc) is 3.11. The Bertz CT molecular complexity index is 805. The Balaban J connectivity index is 1.58. The molecule has 1 atom stereocenters. The van der Waals surface area contributed by atoms with Crippen molar-refractivity contribution in [3.63, 3.8) is 0 Å². The van der Waals surface area contributed by atoms with E-state index in [1.54, 1.807) is 0 Å². The fraction of sp³-hybridized carbons (Fsp3) is 0.471. The van der Waals surface area contributed by atoms with Gasteiger partial charge in [0.25, 0.3) is 5.82 Å². The second-order valence-electron chi connectivity index (χ2n) is 6.27. The number of carbonyl (C=O) groups excluding carboxylic acids is 1. The van der Waals surface area contributed by atoms with Gasteiger partial charge >= 0.3 is 18.2 Å². The number of halogens is 3. The maximum Gasteiger partial charge on any atom is 0.455 e. The van der Waals surface area contributed by atoms with Gasteiger partial charge in [-0.15, -0.1) is 0 Å². The summed E-state index contributed by atoms with van der Waals surface area (Å²) in [6.45, 7) is 1.24. The first-order valence-electron chi connectivity index (χ1n) is 8.55. The van der Waals surface area contributed by atoms with E-state index in [0.717, 1.165) is 12.8 Å². The van der Waals surface area contributed by atoms with Crippen LogP contribution in [-0.2, 0) is 15.7 Å². The van der Waals surface area contributed by atoms with Gasteiger partial charge in [-0.05, 0) is 36.0 Å². The Hall–Kier alpha value is -2.66. The van der Waals surface area contributed by atoms with Crippen LogP contribution in [0, 0.1) is 5.92 Å². The van der Waals surface area contributed by atoms with Crippen LogP contribution in [0.4, 0.5) is 19.2 Å². The highest BCUT2D eigenvalue weighted by Crippen LogP contribution is 2.28.